The average molecular weight is 906 g/mol. The van der Waals surface area contributed by atoms with E-state index in [0.29, 0.717) is 19.3 Å². The Hall–Kier alpha value is -1.59. The SMILES string of the molecule is CCCCCCCCCCCCCCCCCCCCCC(=O)OC[C@H](COC(=O)CCCCCCCCCCCCC(C)CC)OC(=O)CCCCCCCCCCCCCCC. The summed E-state index contributed by atoms with van der Waals surface area (Å²) in [4.78, 5) is 38.1. The van der Waals surface area contributed by atoms with Crippen LogP contribution >= 0.6 is 0 Å². The van der Waals surface area contributed by atoms with Gasteiger partial charge in [-0.1, -0.05) is 291 Å². The van der Waals surface area contributed by atoms with Crippen molar-refractivity contribution < 1.29 is 28.6 Å². The second kappa shape index (κ2) is 52.4. The highest BCUT2D eigenvalue weighted by Crippen LogP contribution is 2.18. The van der Waals surface area contributed by atoms with Crippen LogP contribution in [0.1, 0.15) is 329 Å². The molecular weight excluding hydrogens is 793 g/mol. The Balaban J connectivity index is 4.27. The molecule has 0 aliphatic heterocycles. The zero-order valence-electron chi connectivity index (χ0n) is 43.8. The first-order valence-electron chi connectivity index (χ1n) is 28.9. The van der Waals surface area contributed by atoms with Gasteiger partial charge in [-0.15, -0.1) is 0 Å². The van der Waals surface area contributed by atoms with E-state index in [9.17, 15) is 14.4 Å². The van der Waals surface area contributed by atoms with Crippen LogP contribution < -0.4 is 0 Å². The van der Waals surface area contributed by atoms with Crippen molar-refractivity contribution in [2.45, 2.75) is 336 Å². The van der Waals surface area contributed by atoms with Gasteiger partial charge in [0.2, 0.25) is 0 Å². The summed E-state index contributed by atoms with van der Waals surface area (Å²) in [5.74, 6) is 0.0328. The summed E-state index contributed by atoms with van der Waals surface area (Å²) in [5, 5.41) is 0. The second-order valence-electron chi connectivity index (χ2n) is 20.2. The Morgan fingerprint density at radius 3 is 0.812 bits per heavy atom. The van der Waals surface area contributed by atoms with E-state index in [2.05, 4.69) is 27.7 Å². The van der Waals surface area contributed by atoms with Crippen LogP contribution in [0.5, 0.6) is 0 Å². The standard InChI is InChI=1S/C58H112O6/c1-5-8-10-12-14-16-18-20-21-22-23-24-25-27-28-33-37-41-45-49-56(59)62-52-55(64-58(61)51-47-43-39-35-29-26-19-17-15-13-11-9-6-2)53-63-57(60)50-46-42-38-34-31-30-32-36-40-44-48-54(4)7-3/h54-55H,5-53H2,1-4H3/t54?,55-/m1/s1. The molecule has 6 heteroatoms. The van der Waals surface area contributed by atoms with Crippen molar-refractivity contribution >= 4 is 17.9 Å². The van der Waals surface area contributed by atoms with Crippen molar-refractivity contribution in [1.82, 2.24) is 0 Å². The largest absolute Gasteiger partial charge is 0.462 e. The van der Waals surface area contributed by atoms with Gasteiger partial charge in [0.15, 0.2) is 6.10 Å². The van der Waals surface area contributed by atoms with Crippen LogP contribution in [0.25, 0.3) is 0 Å². The number of unbranched alkanes of at least 4 members (excludes halogenated alkanes) is 39. The lowest BCUT2D eigenvalue weighted by atomic mass is 9.99. The monoisotopic (exact) mass is 905 g/mol. The van der Waals surface area contributed by atoms with E-state index in [4.69, 9.17) is 14.2 Å². The smallest absolute Gasteiger partial charge is 0.306 e. The van der Waals surface area contributed by atoms with Crippen LogP contribution in [0.2, 0.25) is 0 Å². The lowest BCUT2D eigenvalue weighted by molar-refractivity contribution is -0.167. The molecule has 0 saturated carbocycles. The Morgan fingerprint density at radius 1 is 0.312 bits per heavy atom. The predicted octanol–water partition coefficient (Wildman–Crippen LogP) is 19.0. The van der Waals surface area contributed by atoms with Crippen molar-refractivity contribution in [3.63, 3.8) is 0 Å². The predicted molar refractivity (Wildman–Crippen MR) is 275 cm³/mol. The number of hydrogen-bond acceptors (Lipinski definition) is 6. The molecule has 0 saturated heterocycles. The first-order valence-corrected chi connectivity index (χ1v) is 28.9. The molecule has 0 aromatic heterocycles. The fraction of sp³-hybridized carbons (Fsp3) is 0.948. The van der Waals surface area contributed by atoms with Crippen molar-refractivity contribution in [1.29, 1.82) is 0 Å². The van der Waals surface area contributed by atoms with Gasteiger partial charge >= 0.3 is 17.9 Å². The maximum Gasteiger partial charge on any atom is 0.306 e. The lowest BCUT2D eigenvalue weighted by Gasteiger charge is -2.18. The fourth-order valence-electron chi connectivity index (χ4n) is 8.89. The second-order valence-corrected chi connectivity index (χ2v) is 20.2. The third kappa shape index (κ3) is 49.8. The molecule has 0 bridgehead atoms. The van der Waals surface area contributed by atoms with Crippen molar-refractivity contribution in [2.75, 3.05) is 13.2 Å². The number of ether oxygens (including phenoxy) is 3. The number of carbonyl (C=O) groups is 3. The molecule has 0 rings (SSSR count). The van der Waals surface area contributed by atoms with E-state index in [-0.39, 0.29) is 31.1 Å². The Bertz CT molecular complexity index is 966. The Kier molecular flexibility index (Phi) is 51.1. The van der Waals surface area contributed by atoms with Crippen LogP contribution in [0.15, 0.2) is 0 Å². The van der Waals surface area contributed by atoms with E-state index in [1.165, 1.54) is 225 Å². The number of hydrogen-bond donors (Lipinski definition) is 0. The van der Waals surface area contributed by atoms with E-state index < -0.39 is 6.10 Å². The molecule has 0 aromatic carbocycles. The summed E-state index contributed by atoms with van der Waals surface area (Å²) in [6.45, 7) is 9.08. The maximum absolute atomic E-state index is 12.8. The van der Waals surface area contributed by atoms with Crippen LogP contribution in [0.3, 0.4) is 0 Å². The van der Waals surface area contributed by atoms with Gasteiger partial charge < -0.3 is 14.2 Å². The molecule has 0 aliphatic carbocycles. The van der Waals surface area contributed by atoms with Gasteiger partial charge in [0.1, 0.15) is 13.2 Å². The van der Waals surface area contributed by atoms with Gasteiger partial charge in [-0.2, -0.15) is 0 Å². The maximum atomic E-state index is 12.8. The van der Waals surface area contributed by atoms with Gasteiger partial charge in [-0.25, -0.2) is 0 Å². The molecule has 0 N–H and O–H groups in total. The molecule has 0 amide bonds. The van der Waals surface area contributed by atoms with Gasteiger partial charge in [0.25, 0.3) is 0 Å². The molecule has 2 atom stereocenters. The van der Waals surface area contributed by atoms with Crippen LogP contribution in [0, 0.1) is 5.92 Å². The van der Waals surface area contributed by atoms with Gasteiger partial charge in [0, 0.05) is 19.3 Å². The molecule has 64 heavy (non-hydrogen) atoms. The van der Waals surface area contributed by atoms with Gasteiger partial charge in [-0.05, 0) is 25.2 Å². The zero-order valence-corrected chi connectivity index (χ0v) is 43.8. The fourth-order valence-corrected chi connectivity index (χ4v) is 8.89. The lowest BCUT2D eigenvalue weighted by Crippen LogP contribution is -2.30. The topological polar surface area (TPSA) is 78.9 Å². The highest BCUT2D eigenvalue weighted by molar-refractivity contribution is 5.71. The summed E-state index contributed by atoms with van der Waals surface area (Å²) in [6.07, 6.45) is 56.6. The Morgan fingerprint density at radius 2 is 0.547 bits per heavy atom. The molecule has 0 fully saturated rings. The number of carbonyl (C=O) groups excluding carboxylic acids is 3. The highest BCUT2D eigenvalue weighted by Gasteiger charge is 2.19. The highest BCUT2D eigenvalue weighted by atomic mass is 16.6. The number of rotatable bonds is 53. The van der Waals surface area contributed by atoms with Crippen molar-refractivity contribution in [3.8, 4) is 0 Å². The van der Waals surface area contributed by atoms with Crippen LogP contribution in [-0.2, 0) is 28.6 Å². The third-order valence-corrected chi connectivity index (χ3v) is 13.7. The summed E-state index contributed by atoms with van der Waals surface area (Å²) in [5.41, 5.74) is 0. The normalized spacial score (nSPS) is 12.4. The summed E-state index contributed by atoms with van der Waals surface area (Å²) < 4.78 is 16.9. The minimum atomic E-state index is -0.762. The van der Waals surface area contributed by atoms with E-state index in [1.54, 1.807) is 0 Å². The molecule has 0 radical (unpaired) electrons. The first-order chi connectivity index (χ1) is 31.4. The summed E-state index contributed by atoms with van der Waals surface area (Å²) >= 11 is 0. The van der Waals surface area contributed by atoms with Crippen LogP contribution in [-0.4, -0.2) is 37.2 Å². The molecule has 0 spiro atoms. The minimum absolute atomic E-state index is 0.0621. The quantitative estimate of drug-likeness (QED) is 0.0344. The average Bonchev–Trinajstić information content (AvgIpc) is 3.29. The van der Waals surface area contributed by atoms with Gasteiger partial charge in [0.05, 0.1) is 0 Å². The summed E-state index contributed by atoms with van der Waals surface area (Å²) in [6, 6.07) is 0. The molecule has 1 unspecified atom stereocenters. The van der Waals surface area contributed by atoms with Crippen LogP contribution in [0.4, 0.5) is 0 Å². The van der Waals surface area contributed by atoms with Crippen molar-refractivity contribution in [2.24, 2.45) is 5.92 Å². The minimum Gasteiger partial charge on any atom is -0.462 e. The van der Waals surface area contributed by atoms with Gasteiger partial charge in [-0.3, -0.25) is 14.4 Å². The molecule has 6 nitrogen and oxygen atoms in total. The van der Waals surface area contributed by atoms with E-state index >= 15 is 0 Å². The third-order valence-electron chi connectivity index (χ3n) is 13.7. The molecule has 0 aromatic rings. The number of esters is 3. The molecular formula is C58H112O6. The molecule has 380 valence electrons. The van der Waals surface area contributed by atoms with E-state index in [1.807, 2.05) is 0 Å². The molecule has 0 heterocycles. The van der Waals surface area contributed by atoms with Crippen molar-refractivity contribution in [3.05, 3.63) is 0 Å². The first kappa shape index (κ1) is 62.4. The zero-order chi connectivity index (χ0) is 46.7. The summed E-state index contributed by atoms with van der Waals surface area (Å²) in [7, 11) is 0. The Labute approximate surface area is 399 Å². The van der Waals surface area contributed by atoms with E-state index in [0.717, 1.165) is 63.7 Å². The molecule has 0 aliphatic rings.